The summed E-state index contributed by atoms with van der Waals surface area (Å²) in [4.78, 5) is 10.7. The first-order valence-electron chi connectivity index (χ1n) is 4.20. The first-order chi connectivity index (χ1) is 5.95. The van der Waals surface area contributed by atoms with Crippen LogP contribution in [0, 0.1) is 20.8 Å². The predicted molar refractivity (Wildman–Crippen MR) is 48.8 cm³/mol. The third-order valence-electron chi connectivity index (χ3n) is 2.41. The lowest BCUT2D eigenvalue weighted by Gasteiger charge is -2.08. The van der Waals surface area contributed by atoms with E-state index >= 15 is 0 Å². The van der Waals surface area contributed by atoms with Gasteiger partial charge in [-0.25, -0.2) is 4.79 Å². The third kappa shape index (κ3) is 1.56. The predicted octanol–water partition coefficient (Wildman–Crippen LogP) is 1.45. The normalized spacial score (nSPS) is 12.9. The molecule has 1 N–H and O–H groups in total. The molecule has 0 aliphatic heterocycles. The minimum atomic E-state index is -0.856. The van der Waals surface area contributed by atoms with Crippen molar-refractivity contribution in [3.63, 3.8) is 0 Å². The van der Waals surface area contributed by atoms with Crippen molar-refractivity contribution >= 4 is 5.97 Å². The number of carboxylic acids is 1. The van der Waals surface area contributed by atoms with E-state index in [-0.39, 0.29) is 0 Å². The first-order valence-corrected chi connectivity index (χ1v) is 4.20. The van der Waals surface area contributed by atoms with Gasteiger partial charge in [0.05, 0.1) is 5.69 Å². The number of carbonyl (C=O) groups is 1. The molecule has 0 unspecified atom stereocenters. The Morgan fingerprint density at radius 3 is 2.31 bits per heavy atom. The van der Waals surface area contributed by atoms with Crippen LogP contribution in [0.3, 0.4) is 0 Å². The molecule has 4 nitrogen and oxygen atoms in total. The highest BCUT2D eigenvalue weighted by molar-refractivity contribution is 5.71. The van der Waals surface area contributed by atoms with Crippen molar-refractivity contribution < 1.29 is 9.90 Å². The lowest BCUT2D eigenvalue weighted by molar-refractivity contribution is -0.140. The van der Waals surface area contributed by atoms with Crippen LogP contribution in [0.25, 0.3) is 0 Å². The Labute approximate surface area is 77.2 Å². The molecule has 0 spiro atoms. The number of aromatic nitrogens is 2. The van der Waals surface area contributed by atoms with Gasteiger partial charge in [-0.3, -0.25) is 4.68 Å². The zero-order valence-corrected chi connectivity index (χ0v) is 8.33. The number of aryl methyl sites for hydroxylation is 1. The van der Waals surface area contributed by atoms with Gasteiger partial charge in [0, 0.05) is 5.69 Å². The zero-order valence-electron chi connectivity index (χ0n) is 8.33. The summed E-state index contributed by atoms with van der Waals surface area (Å²) in [5, 5.41) is 13.0. The maximum atomic E-state index is 10.7. The summed E-state index contributed by atoms with van der Waals surface area (Å²) in [6.45, 7) is 7.34. The van der Waals surface area contributed by atoms with Crippen LogP contribution < -0.4 is 0 Å². The maximum Gasteiger partial charge on any atom is 0.328 e. The van der Waals surface area contributed by atoms with Gasteiger partial charge < -0.3 is 5.11 Å². The highest BCUT2D eigenvalue weighted by atomic mass is 16.4. The molecular formula is C9H14N2O2. The molecule has 0 bridgehead atoms. The maximum absolute atomic E-state index is 10.7. The summed E-state index contributed by atoms with van der Waals surface area (Å²) in [6, 6.07) is -0.590. The van der Waals surface area contributed by atoms with Gasteiger partial charge in [-0.1, -0.05) is 0 Å². The summed E-state index contributed by atoms with van der Waals surface area (Å²) < 4.78 is 1.55. The van der Waals surface area contributed by atoms with Gasteiger partial charge in [-0.15, -0.1) is 0 Å². The van der Waals surface area contributed by atoms with E-state index in [2.05, 4.69) is 5.10 Å². The second-order valence-corrected chi connectivity index (χ2v) is 3.25. The van der Waals surface area contributed by atoms with E-state index in [1.54, 1.807) is 11.6 Å². The molecule has 0 saturated heterocycles. The van der Waals surface area contributed by atoms with Crippen molar-refractivity contribution in [3.05, 3.63) is 17.0 Å². The molecule has 1 atom stereocenters. The quantitative estimate of drug-likeness (QED) is 0.753. The zero-order chi connectivity index (χ0) is 10.2. The van der Waals surface area contributed by atoms with E-state index in [1.807, 2.05) is 20.8 Å². The molecule has 1 rings (SSSR count). The molecule has 0 amide bonds. The van der Waals surface area contributed by atoms with Gasteiger partial charge in [0.2, 0.25) is 0 Å². The fourth-order valence-corrected chi connectivity index (χ4v) is 1.23. The van der Waals surface area contributed by atoms with Crippen molar-refractivity contribution in [3.8, 4) is 0 Å². The molecule has 0 aromatic carbocycles. The van der Waals surface area contributed by atoms with Gasteiger partial charge in [0.15, 0.2) is 0 Å². The van der Waals surface area contributed by atoms with Crippen LogP contribution in [0.2, 0.25) is 0 Å². The summed E-state index contributed by atoms with van der Waals surface area (Å²) in [5.74, 6) is -0.856. The van der Waals surface area contributed by atoms with Crippen LogP contribution >= 0.6 is 0 Å². The Hall–Kier alpha value is -1.32. The summed E-state index contributed by atoms with van der Waals surface area (Å²) in [7, 11) is 0. The van der Waals surface area contributed by atoms with Gasteiger partial charge >= 0.3 is 5.97 Å². The molecule has 1 aromatic heterocycles. The van der Waals surface area contributed by atoms with Crippen LogP contribution in [-0.4, -0.2) is 20.9 Å². The average Bonchev–Trinajstić information content (AvgIpc) is 2.31. The Morgan fingerprint density at radius 2 is 2.00 bits per heavy atom. The fourth-order valence-electron chi connectivity index (χ4n) is 1.23. The minimum Gasteiger partial charge on any atom is -0.480 e. The highest BCUT2D eigenvalue weighted by Gasteiger charge is 2.18. The van der Waals surface area contributed by atoms with Crippen LogP contribution in [0.15, 0.2) is 0 Å². The molecule has 4 heteroatoms. The molecule has 0 aliphatic carbocycles. The average molecular weight is 182 g/mol. The van der Waals surface area contributed by atoms with Gasteiger partial charge in [0.1, 0.15) is 6.04 Å². The number of rotatable bonds is 2. The van der Waals surface area contributed by atoms with Crippen LogP contribution in [0.1, 0.15) is 29.9 Å². The van der Waals surface area contributed by atoms with Crippen molar-refractivity contribution in [2.75, 3.05) is 0 Å². The smallest absolute Gasteiger partial charge is 0.328 e. The van der Waals surface area contributed by atoms with Crippen LogP contribution in [-0.2, 0) is 4.79 Å². The first kappa shape index (κ1) is 9.77. The number of nitrogens with zero attached hydrogens (tertiary/aromatic N) is 2. The fraction of sp³-hybridized carbons (Fsp3) is 0.556. The number of carboxylic acid groups (broad SMARTS) is 1. The Balaban J connectivity index is 3.15. The third-order valence-corrected chi connectivity index (χ3v) is 2.41. The number of aliphatic carboxylic acids is 1. The van der Waals surface area contributed by atoms with Gasteiger partial charge in [-0.2, -0.15) is 5.10 Å². The van der Waals surface area contributed by atoms with Gasteiger partial charge in [0.25, 0.3) is 0 Å². The molecular weight excluding hydrogens is 168 g/mol. The molecule has 0 radical (unpaired) electrons. The van der Waals surface area contributed by atoms with Crippen molar-refractivity contribution in [1.29, 1.82) is 0 Å². The molecule has 1 heterocycles. The largest absolute Gasteiger partial charge is 0.480 e. The Bertz CT molecular complexity index is 342. The Morgan fingerprint density at radius 1 is 1.46 bits per heavy atom. The number of hydrogen-bond donors (Lipinski definition) is 1. The summed E-state index contributed by atoms with van der Waals surface area (Å²) >= 11 is 0. The van der Waals surface area contributed by atoms with Crippen molar-refractivity contribution in [2.24, 2.45) is 0 Å². The summed E-state index contributed by atoms with van der Waals surface area (Å²) in [6.07, 6.45) is 0. The highest BCUT2D eigenvalue weighted by Crippen LogP contribution is 2.15. The summed E-state index contributed by atoms with van der Waals surface area (Å²) in [5.41, 5.74) is 2.88. The van der Waals surface area contributed by atoms with E-state index in [0.717, 1.165) is 17.0 Å². The van der Waals surface area contributed by atoms with E-state index in [9.17, 15) is 4.79 Å². The van der Waals surface area contributed by atoms with Crippen LogP contribution in [0.5, 0.6) is 0 Å². The lowest BCUT2D eigenvalue weighted by Crippen LogP contribution is -2.18. The molecule has 1 aromatic rings. The Kier molecular flexibility index (Phi) is 2.40. The SMILES string of the molecule is Cc1nn([C@@H](C)C(=O)O)c(C)c1C. The lowest BCUT2D eigenvalue weighted by atomic mass is 10.2. The van der Waals surface area contributed by atoms with E-state index in [1.165, 1.54) is 0 Å². The second kappa shape index (κ2) is 3.20. The molecule has 72 valence electrons. The number of hydrogen-bond acceptors (Lipinski definition) is 2. The molecule has 0 aliphatic rings. The second-order valence-electron chi connectivity index (χ2n) is 3.25. The van der Waals surface area contributed by atoms with Crippen molar-refractivity contribution in [1.82, 2.24) is 9.78 Å². The standard InChI is InChI=1S/C9H14N2O2/c1-5-6(2)10-11(7(5)3)8(4)9(12)13/h8H,1-4H3,(H,12,13)/t8-/m0/s1. The van der Waals surface area contributed by atoms with Crippen LogP contribution in [0.4, 0.5) is 0 Å². The molecule has 13 heavy (non-hydrogen) atoms. The van der Waals surface area contributed by atoms with Crippen molar-refractivity contribution in [2.45, 2.75) is 33.7 Å². The van der Waals surface area contributed by atoms with E-state index in [4.69, 9.17) is 5.11 Å². The van der Waals surface area contributed by atoms with E-state index in [0.29, 0.717) is 0 Å². The monoisotopic (exact) mass is 182 g/mol. The minimum absolute atomic E-state index is 0.590. The molecule has 0 fully saturated rings. The van der Waals surface area contributed by atoms with Gasteiger partial charge in [-0.05, 0) is 33.3 Å². The molecule has 0 saturated carbocycles. The van der Waals surface area contributed by atoms with E-state index < -0.39 is 12.0 Å². The topological polar surface area (TPSA) is 55.1 Å².